The number of hydrogen-bond acceptors (Lipinski definition) is 2. The zero-order valence-corrected chi connectivity index (χ0v) is 9.76. The van der Waals surface area contributed by atoms with E-state index in [9.17, 15) is 13.2 Å². The fourth-order valence-corrected chi connectivity index (χ4v) is 1.67. The van der Waals surface area contributed by atoms with Crippen LogP contribution in [0.25, 0.3) is 0 Å². The highest BCUT2D eigenvalue weighted by molar-refractivity contribution is 6.30. The Kier molecular flexibility index (Phi) is 4.38. The zero-order chi connectivity index (χ0) is 13.1. The summed E-state index contributed by atoms with van der Waals surface area (Å²) >= 11 is 5.62. The molecule has 1 aromatic carbocycles. The van der Waals surface area contributed by atoms with E-state index >= 15 is 0 Å². The second kappa shape index (κ2) is 5.39. The van der Waals surface area contributed by atoms with Crippen LogP contribution in [0.4, 0.5) is 13.2 Å². The first kappa shape index (κ1) is 13.8. The molecule has 0 heterocycles. The third-order valence-electron chi connectivity index (χ3n) is 2.26. The molecule has 17 heavy (non-hydrogen) atoms. The van der Waals surface area contributed by atoms with E-state index in [4.69, 9.17) is 16.9 Å². The van der Waals surface area contributed by atoms with Crippen molar-refractivity contribution in [1.29, 1.82) is 5.26 Å². The third kappa shape index (κ3) is 3.62. The molecular weight excluding hydrogens is 253 g/mol. The Balaban J connectivity index is 3.07. The highest BCUT2D eigenvalue weighted by Crippen LogP contribution is 2.37. The van der Waals surface area contributed by atoms with E-state index in [1.807, 2.05) is 0 Å². The van der Waals surface area contributed by atoms with Crippen molar-refractivity contribution < 1.29 is 13.2 Å². The van der Waals surface area contributed by atoms with Crippen molar-refractivity contribution in [2.45, 2.75) is 12.2 Å². The maximum absolute atomic E-state index is 12.9. The number of benzene rings is 1. The molecule has 0 saturated carbocycles. The number of halogens is 4. The summed E-state index contributed by atoms with van der Waals surface area (Å²) in [5.74, 6) is 0. The molecule has 1 atom stereocenters. The predicted molar refractivity (Wildman–Crippen MR) is 58.5 cm³/mol. The van der Waals surface area contributed by atoms with Crippen LogP contribution >= 0.6 is 11.6 Å². The van der Waals surface area contributed by atoms with Gasteiger partial charge in [0.25, 0.3) is 0 Å². The molecule has 92 valence electrons. The molecule has 0 saturated heterocycles. The minimum atomic E-state index is -4.43. The van der Waals surface area contributed by atoms with Gasteiger partial charge in [0.15, 0.2) is 0 Å². The van der Waals surface area contributed by atoms with Gasteiger partial charge >= 0.3 is 6.18 Å². The summed E-state index contributed by atoms with van der Waals surface area (Å²) in [4.78, 5) is 0.948. The fraction of sp³-hybridized carbons (Fsp3) is 0.364. The lowest BCUT2D eigenvalue weighted by atomic mass is 10.1. The van der Waals surface area contributed by atoms with Crippen LogP contribution in [0, 0.1) is 11.3 Å². The Labute approximate surface area is 102 Å². The number of rotatable bonds is 3. The van der Waals surface area contributed by atoms with Crippen molar-refractivity contribution in [2.75, 3.05) is 13.6 Å². The van der Waals surface area contributed by atoms with Crippen LogP contribution in [-0.2, 0) is 0 Å². The smallest absolute Gasteiger partial charge is 0.279 e. The maximum atomic E-state index is 12.9. The van der Waals surface area contributed by atoms with Gasteiger partial charge in [0, 0.05) is 5.02 Å². The highest BCUT2D eigenvalue weighted by atomic mass is 35.5. The predicted octanol–water partition coefficient (Wildman–Crippen LogP) is 3.40. The summed E-state index contributed by atoms with van der Waals surface area (Å²) < 4.78 is 38.7. The standard InChI is InChI=1S/C11H10ClF3N2/c1-17(7-6-16)10(11(13,14)15)8-2-4-9(12)5-3-8/h2-5,10H,7H2,1H3/t10-/m1/s1. The Hall–Kier alpha value is -1.25. The van der Waals surface area contributed by atoms with Crippen LogP contribution in [-0.4, -0.2) is 24.7 Å². The Bertz CT molecular complexity index is 408. The molecule has 1 rings (SSSR count). The van der Waals surface area contributed by atoms with E-state index < -0.39 is 12.2 Å². The van der Waals surface area contributed by atoms with Gasteiger partial charge in [0.1, 0.15) is 6.04 Å². The van der Waals surface area contributed by atoms with E-state index in [0.29, 0.717) is 5.02 Å². The Morgan fingerprint density at radius 1 is 1.35 bits per heavy atom. The molecule has 0 aliphatic carbocycles. The lowest BCUT2D eigenvalue weighted by Crippen LogP contribution is -2.36. The first-order chi connectivity index (χ1) is 7.86. The second-order valence-electron chi connectivity index (χ2n) is 3.57. The minimum absolute atomic E-state index is 0.0691. The molecule has 6 heteroatoms. The first-order valence-corrected chi connectivity index (χ1v) is 5.13. The van der Waals surface area contributed by atoms with E-state index in [0.717, 1.165) is 4.90 Å². The quantitative estimate of drug-likeness (QED) is 0.781. The van der Waals surface area contributed by atoms with Gasteiger partial charge in [-0.05, 0) is 24.7 Å². The topological polar surface area (TPSA) is 27.0 Å². The molecule has 0 N–H and O–H groups in total. The number of nitriles is 1. The summed E-state index contributed by atoms with van der Waals surface area (Å²) in [6.07, 6.45) is -4.43. The van der Waals surface area contributed by atoms with Gasteiger partial charge in [-0.2, -0.15) is 18.4 Å². The molecule has 0 aliphatic rings. The molecule has 0 radical (unpaired) electrons. The molecule has 0 bridgehead atoms. The highest BCUT2D eigenvalue weighted by Gasteiger charge is 2.43. The van der Waals surface area contributed by atoms with Crippen LogP contribution in [0.15, 0.2) is 24.3 Å². The lowest BCUT2D eigenvalue weighted by Gasteiger charge is -2.28. The molecule has 0 aliphatic heterocycles. The second-order valence-corrected chi connectivity index (χ2v) is 4.01. The fourth-order valence-electron chi connectivity index (χ4n) is 1.54. The number of hydrogen-bond donors (Lipinski definition) is 0. The van der Waals surface area contributed by atoms with Crippen molar-refractivity contribution in [3.05, 3.63) is 34.9 Å². The molecule has 0 aromatic heterocycles. The van der Waals surface area contributed by atoms with Crippen molar-refractivity contribution in [3.8, 4) is 6.07 Å². The average molecular weight is 263 g/mol. The van der Waals surface area contributed by atoms with Crippen molar-refractivity contribution in [3.63, 3.8) is 0 Å². The van der Waals surface area contributed by atoms with E-state index in [1.54, 1.807) is 6.07 Å². The van der Waals surface area contributed by atoms with Gasteiger partial charge in [-0.25, -0.2) is 0 Å². The Morgan fingerprint density at radius 3 is 2.29 bits per heavy atom. The molecule has 1 aromatic rings. The molecule has 2 nitrogen and oxygen atoms in total. The van der Waals surface area contributed by atoms with Crippen molar-refractivity contribution in [2.24, 2.45) is 0 Å². The average Bonchev–Trinajstić information content (AvgIpc) is 2.19. The van der Waals surface area contributed by atoms with Gasteiger partial charge in [0.05, 0.1) is 12.6 Å². The Morgan fingerprint density at radius 2 is 1.88 bits per heavy atom. The SMILES string of the molecule is CN(CC#N)[C@H](c1ccc(Cl)cc1)C(F)(F)F. The summed E-state index contributed by atoms with van der Waals surface area (Å²) in [5, 5.41) is 8.83. The maximum Gasteiger partial charge on any atom is 0.408 e. The van der Waals surface area contributed by atoms with E-state index in [-0.39, 0.29) is 12.1 Å². The molecular formula is C11H10ClF3N2. The van der Waals surface area contributed by atoms with Crippen LogP contribution in [0.3, 0.4) is 0 Å². The van der Waals surface area contributed by atoms with Gasteiger partial charge in [0.2, 0.25) is 0 Å². The van der Waals surface area contributed by atoms with E-state index in [1.165, 1.54) is 31.3 Å². The first-order valence-electron chi connectivity index (χ1n) is 4.75. The van der Waals surface area contributed by atoms with Gasteiger partial charge in [-0.1, -0.05) is 23.7 Å². The van der Waals surface area contributed by atoms with Crippen LogP contribution < -0.4 is 0 Å². The molecule has 0 spiro atoms. The molecule has 0 fully saturated rings. The molecule has 0 unspecified atom stereocenters. The molecule has 0 amide bonds. The van der Waals surface area contributed by atoms with Gasteiger partial charge < -0.3 is 0 Å². The summed E-state index contributed by atoms with van der Waals surface area (Å²) in [6.45, 7) is -0.299. The van der Waals surface area contributed by atoms with Crippen molar-refractivity contribution >= 4 is 11.6 Å². The number of nitrogens with zero attached hydrogens (tertiary/aromatic N) is 2. The van der Waals surface area contributed by atoms with Crippen LogP contribution in [0.1, 0.15) is 11.6 Å². The summed E-state index contributed by atoms with van der Waals surface area (Å²) in [6, 6.07) is 5.33. The number of alkyl halides is 3. The van der Waals surface area contributed by atoms with Gasteiger partial charge in [-0.15, -0.1) is 0 Å². The normalized spacial score (nSPS) is 13.5. The van der Waals surface area contributed by atoms with E-state index in [2.05, 4.69) is 0 Å². The summed E-state index contributed by atoms with van der Waals surface area (Å²) in [7, 11) is 1.26. The zero-order valence-electron chi connectivity index (χ0n) is 9.00. The lowest BCUT2D eigenvalue weighted by molar-refractivity contribution is -0.181. The van der Waals surface area contributed by atoms with Crippen molar-refractivity contribution in [1.82, 2.24) is 4.90 Å². The largest absolute Gasteiger partial charge is 0.408 e. The monoisotopic (exact) mass is 262 g/mol. The van der Waals surface area contributed by atoms with Crippen LogP contribution in [0.2, 0.25) is 5.02 Å². The van der Waals surface area contributed by atoms with Gasteiger partial charge in [-0.3, -0.25) is 4.90 Å². The minimum Gasteiger partial charge on any atom is -0.279 e. The summed E-state index contributed by atoms with van der Waals surface area (Å²) in [5.41, 5.74) is 0.0691. The third-order valence-corrected chi connectivity index (χ3v) is 2.51. The van der Waals surface area contributed by atoms with Crippen LogP contribution in [0.5, 0.6) is 0 Å².